The van der Waals surface area contributed by atoms with Crippen LogP contribution in [0, 0.1) is 17.5 Å². The van der Waals surface area contributed by atoms with Gasteiger partial charge in [-0.15, -0.1) is 0 Å². The van der Waals surface area contributed by atoms with Crippen LogP contribution in [0.5, 0.6) is 0 Å². The number of carbonyl (C=O) groups excluding carboxylic acids is 1. The van der Waals surface area contributed by atoms with Crippen molar-refractivity contribution in [3.05, 3.63) is 68.8 Å². The van der Waals surface area contributed by atoms with Gasteiger partial charge in [-0.05, 0) is 56.7 Å². The lowest BCUT2D eigenvalue weighted by Crippen LogP contribution is -2.47. The Hall–Kier alpha value is -3.47. The van der Waals surface area contributed by atoms with E-state index in [0.29, 0.717) is 38.5 Å². The largest absolute Gasteiger partial charge is 0.380 e. The first kappa shape index (κ1) is 22.3. The van der Waals surface area contributed by atoms with Gasteiger partial charge in [-0.1, -0.05) is 0 Å². The van der Waals surface area contributed by atoms with Gasteiger partial charge in [0.25, 0.3) is 11.5 Å². The molecule has 1 amide bonds. The van der Waals surface area contributed by atoms with E-state index in [1.165, 1.54) is 6.07 Å². The van der Waals surface area contributed by atoms with Gasteiger partial charge in [-0.2, -0.15) is 0 Å². The summed E-state index contributed by atoms with van der Waals surface area (Å²) in [6.07, 6.45) is 3.34. The van der Waals surface area contributed by atoms with Gasteiger partial charge >= 0.3 is 5.69 Å². The SMILES string of the molecule is O=C(NC1CCC(n2c(=O)c3cc(F)cnc3n(-c3ccc(F)c(F)c3)c2=O)CC1)C1(O)CC1. The molecule has 11 heteroatoms. The summed E-state index contributed by atoms with van der Waals surface area (Å²) in [6.45, 7) is 0. The van der Waals surface area contributed by atoms with E-state index in [9.17, 15) is 32.7 Å². The van der Waals surface area contributed by atoms with Gasteiger partial charge in [0, 0.05) is 18.2 Å². The molecule has 2 N–H and O–H groups in total. The Bertz CT molecular complexity index is 1420. The third kappa shape index (κ3) is 3.79. The number of nitrogens with one attached hydrogen (secondary N) is 1. The predicted molar refractivity (Wildman–Crippen MR) is 115 cm³/mol. The van der Waals surface area contributed by atoms with Crippen LogP contribution in [0.4, 0.5) is 13.2 Å². The standard InChI is InChI=1S/C23H21F3N4O4/c24-12-9-16-19(27-11-12)29(15-5-6-17(25)18(26)10-15)22(33)30(20(16)31)14-3-1-13(2-4-14)28-21(32)23(34)7-8-23/h5-6,9-11,13-14,34H,1-4,7-8H2,(H,28,32). The van der Waals surface area contributed by atoms with Gasteiger partial charge in [-0.3, -0.25) is 14.2 Å². The van der Waals surface area contributed by atoms with E-state index in [0.717, 1.165) is 33.5 Å². The summed E-state index contributed by atoms with van der Waals surface area (Å²) >= 11 is 0. The topological polar surface area (TPSA) is 106 Å². The molecule has 0 spiro atoms. The van der Waals surface area contributed by atoms with Crippen molar-refractivity contribution >= 4 is 16.9 Å². The molecular weight excluding hydrogens is 453 g/mol. The Morgan fingerprint density at radius 3 is 2.41 bits per heavy atom. The third-order valence-corrected chi connectivity index (χ3v) is 6.60. The van der Waals surface area contributed by atoms with E-state index < -0.39 is 46.3 Å². The van der Waals surface area contributed by atoms with E-state index in [-0.39, 0.29) is 22.8 Å². The van der Waals surface area contributed by atoms with Crippen molar-refractivity contribution in [3.8, 4) is 5.69 Å². The number of halogens is 3. The van der Waals surface area contributed by atoms with Crippen molar-refractivity contribution in [2.45, 2.75) is 56.2 Å². The summed E-state index contributed by atoms with van der Waals surface area (Å²) < 4.78 is 43.3. The first-order chi connectivity index (χ1) is 16.2. The zero-order valence-electron chi connectivity index (χ0n) is 17.9. The Morgan fingerprint density at radius 1 is 1.06 bits per heavy atom. The van der Waals surface area contributed by atoms with Gasteiger partial charge in [0.15, 0.2) is 17.3 Å². The fraction of sp³-hybridized carbons (Fsp3) is 0.391. The van der Waals surface area contributed by atoms with Crippen LogP contribution in [0.15, 0.2) is 40.1 Å². The van der Waals surface area contributed by atoms with E-state index in [1.807, 2.05) is 0 Å². The molecule has 2 saturated carbocycles. The van der Waals surface area contributed by atoms with Gasteiger partial charge < -0.3 is 10.4 Å². The minimum absolute atomic E-state index is 0.0552. The van der Waals surface area contributed by atoms with Gasteiger partial charge in [0.2, 0.25) is 0 Å². The number of rotatable bonds is 4. The molecule has 3 aromatic rings. The fourth-order valence-corrected chi connectivity index (χ4v) is 4.51. The number of hydrogen-bond donors (Lipinski definition) is 2. The van der Waals surface area contributed by atoms with Crippen LogP contribution in [-0.2, 0) is 4.79 Å². The highest BCUT2D eigenvalue weighted by Crippen LogP contribution is 2.36. The summed E-state index contributed by atoms with van der Waals surface area (Å²) in [5, 5.41) is 12.6. The minimum Gasteiger partial charge on any atom is -0.380 e. The summed E-state index contributed by atoms with van der Waals surface area (Å²) in [5.74, 6) is -3.49. The molecule has 0 unspecified atom stereocenters. The highest BCUT2D eigenvalue weighted by atomic mass is 19.2. The lowest BCUT2D eigenvalue weighted by Gasteiger charge is -2.30. The Morgan fingerprint density at radius 2 is 1.76 bits per heavy atom. The normalized spacial score (nSPS) is 21.4. The van der Waals surface area contributed by atoms with Crippen LogP contribution in [0.1, 0.15) is 44.6 Å². The van der Waals surface area contributed by atoms with Crippen LogP contribution in [-0.4, -0.2) is 36.8 Å². The highest BCUT2D eigenvalue weighted by molar-refractivity contribution is 5.87. The number of aliphatic hydroxyl groups is 1. The van der Waals surface area contributed by atoms with Crippen molar-refractivity contribution in [1.82, 2.24) is 19.4 Å². The highest BCUT2D eigenvalue weighted by Gasteiger charge is 2.48. The number of nitrogens with zero attached hydrogens (tertiary/aromatic N) is 3. The zero-order valence-corrected chi connectivity index (χ0v) is 17.9. The summed E-state index contributed by atoms with van der Waals surface area (Å²) in [4.78, 5) is 42.7. The molecule has 0 saturated heterocycles. The predicted octanol–water partition coefficient (Wildman–Crippen LogP) is 2.09. The number of carbonyl (C=O) groups is 1. The summed E-state index contributed by atoms with van der Waals surface area (Å²) in [6, 6.07) is 3.03. The maximum absolute atomic E-state index is 13.9. The first-order valence-electron chi connectivity index (χ1n) is 11.0. The van der Waals surface area contributed by atoms with Gasteiger partial charge in [0.05, 0.1) is 17.3 Å². The van der Waals surface area contributed by atoms with Crippen molar-refractivity contribution in [1.29, 1.82) is 0 Å². The maximum Gasteiger partial charge on any atom is 0.337 e. The minimum atomic E-state index is -1.29. The van der Waals surface area contributed by atoms with Crippen LogP contribution < -0.4 is 16.6 Å². The van der Waals surface area contributed by atoms with Crippen LogP contribution >= 0.6 is 0 Å². The number of hydrogen-bond acceptors (Lipinski definition) is 5. The van der Waals surface area contributed by atoms with Crippen molar-refractivity contribution in [3.63, 3.8) is 0 Å². The average molecular weight is 474 g/mol. The molecule has 0 atom stereocenters. The molecule has 1 aromatic carbocycles. The lowest BCUT2D eigenvalue weighted by atomic mass is 9.90. The quantitative estimate of drug-likeness (QED) is 0.603. The molecule has 5 rings (SSSR count). The molecule has 2 aliphatic rings. The molecule has 2 aliphatic carbocycles. The molecule has 2 fully saturated rings. The molecule has 2 heterocycles. The van der Waals surface area contributed by atoms with E-state index >= 15 is 0 Å². The average Bonchev–Trinajstić information content (AvgIpc) is 3.56. The van der Waals surface area contributed by atoms with E-state index in [2.05, 4.69) is 10.3 Å². The number of fused-ring (bicyclic) bond motifs is 1. The molecule has 8 nitrogen and oxygen atoms in total. The fourth-order valence-electron chi connectivity index (χ4n) is 4.51. The first-order valence-corrected chi connectivity index (χ1v) is 11.0. The molecule has 34 heavy (non-hydrogen) atoms. The zero-order chi connectivity index (χ0) is 24.2. The molecule has 0 bridgehead atoms. The Balaban J connectivity index is 1.54. The van der Waals surface area contributed by atoms with Gasteiger partial charge in [-0.25, -0.2) is 27.5 Å². The maximum atomic E-state index is 13.9. The lowest BCUT2D eigenvalue weighted by molar-refractivity contribution is -0.132. The molecule has 178 valence electrons. The van der Waals surface area contributed by atoms with Gasteiger partial charge in [0.1, 0.15) is 11.4 Å². The molecule has 2 aromatic heterocycles. The van der Waals surface area contributed by atoms with Crippen LogP contribution in [0.3, 0.4) is 0 Å². The second-order valence-corrected chi connectivity index (χ2v) is 8.93. The number of amides is 1. The smallest absolute Gasteiger partial charge is 0.337 e. The van der Waals surface area contributed by atoms with E-state index in [4.69, 9.17) is 0 Å². The molecular formula is C23H21F3N4O4. The second-order valence-electron chi connectivity index (χ2n) is 8.93. The molecule has 0 radical (unpaired) electrons. The number of aromatic nitrogens is 3. The number of benzene rings is 1. The molecule has 0 aliphatic heterocycles. The van der Waals surface area contributed by atoms with Crippen LogP contribution in [0.2, 0.25) is 0 Å². The Kier molecular flexibility index (Phi) is 5.31. The summed E-state index contributed by atoms with van der Waals surface area (Å²) in [7, 11) is 0. The monoisotopic (exact) mass is 474 g/mol. The third-order valence-electron chi connectivity index (χ3n) is 6.60. The number of pyridine rings is 1. The Labute approximate surface area is 190 Å². The van der Waals surface area contributed by atoms with Crippen molar-refractivity contribution in [2.75, 3.05) is 0 Å². The van der Waals surface area contributed by atoms with E-state index in [1.54, 1.807) is 0 Å². The van der Waals surface area contributed by atoms with Crippen LogP contribution in [0.25, 0.3) is 16.7 Å². The second kappa shape index (κ2) is 8.08. The van der Waals surface area contributed by atoms with Crippen molar-refractivity contribution < 1.29 is 23.1 Å². The van der Waals surface area contributed by atoms with Crippen molar-refractivity contribution in [2.24, 2.45) is 0 Å². The summed E-state index contributed by atoms with van der Waals surface area (Å²) in [5.41, 5.74) is -3.05.